The minimum absolute atomic E-state index is 0.0752. The molecule has 2 fully saturated rings. The summed E-state index contributed by atoms with van der Waals surface area (Å²) in [4.78, 5) is 26.9. The van der Waals surface area contributed by atoms with Crippen LogP contribution in [0.5, 0.6) is 5.75 Å². The summed E-state index contributed by atoms with van der Waals surface area (Å²) in [5, 5.41) is 11.4. The lowest BCUT2D eigenvalue weighted by molar-refractivity contribution is -0.106. The van der Waals surface area contributed by atoms with E-state index in [0.717, 1.165) is 34.7 Å². The molecule has 1 aliphatic heterocycles. The number of hydrogen-bond acceptors (Lipinski definition) is 6. The van der Waals surface area contributed by atoms with Crippen LogP contribution in [0.2, 0.25) is 5.02 Å². The molecule has 0 saturated heterocycles. The van der Waals surface area contributed by atoms with Crippen LogP contribution in [0.3, 0.4) is 0 Å². The highest BCUT2D eigenvalue weighted by Gasteiger charge is 2.52. The van der Waals surface area contributed by atoms with E-state index in [0.29, 0.717) is 63.4 Å². The first-order chi connectivity index (χ1) is 21.7. The molecule has 2 aliphatic carbocycles. The van der Waals surface area contributed by atoms with E-state index in [1.807, 2.05) is 28.4 Å². The van der Waals surface area contributed by atoms with Crippen molar-refractivity contribution in [3.63, 3.8) is 0 Å². The zero-order valence-electron chi connectivity index (χ0n) is 24.4. The van der Waals surface area contributed by atoms with Crippen LogP contribution < -0.4 is 15.8 Å². The van der Waals surface area contributed by atoms with Gasteiger partial charge in [0.05, 0.1) is 28.3 Å². The number of primary amides is 1. The first-order valence-electron chi connectivity index (χ1n) is 14.9. The molecule has 2 atom stereocenters. The van der Waals surface area contributed by atoms with Crippen molar-refractivity contribution in [2.45, 2.75) is 56.2 Å². The number of fused-ring (bicyclic) bond motifs is 3. The number of nitrogens with two attached hydrogens (primary N) is 1. The van der Waals surface area contributed by atoms with E-state index in [1.165, 1.54) is 17.4 Å². The fraction of sp³-hybridized carbons (Fsp3) is 0.333. The monoisotopic (exact) mass is 649 g/mol. The van der Waals surface area contributed by atoms with Crippen LogP contribution >= 0.6 is 22.9 Å². The maximum Gasteiger partial charge on any atom is 0.251 e. The third kappa shape index (κ3) is 5.42. The minimum atomic E-state index is -1.47. The van der Waals surface area contributed by atoms with Crippen LogP contribution in [-0.4, -0.2) is 45.9 Å². The summed E-state index contributed by atoms with van der Waals surface area (Å²) in [6.45, 7) is 2.63. The molecule has 45 heavy (non-hydrogen) atoms. The van der Waals surface area contributed by atoms with Gasteiger partial charge in [-0.2, -0.15) is 5.10 Å². The van der Waals surface area contributed by atoms with Gasteiger partial charge in [0.1, 0.15) is 28.4 Å². The van der Waals surface area contributed by atoms with Crippen molar-refractivity contribution < 1.29 is 23.1 Å². The van der Waals surface area contributed by atoms with E-state index < -0.39 is 11.6 Å². The van der Waals surface area contributed by atoms with E-state index in [2.05, 4.69) is 23.1 Å². The predicted molar refractivity (Wildman–Crippen MR) is 170 cm³/mol. The molecule has 4 heterocycles. The topological polar surface area (TPSA) is 112 Å². The zero-order valence-corrected chi connectivity index (χ0v) is 25.9. The minimum Gasteiger partial charge on any atom is -0.490 e. The van der Waals surface area contributed by atoms with Crippen molar-refractivity contribution in [2.75, 3.05) is 13.2 Å². The van der Waals surface area contributed by atoms with Crippen molar-refractivity contribution in [1.82, 2.24) is 20.1 Å². The van der Waals surface area contributed by atoms with E-state index in [9.17, 15) is 9.18 Å². The van der Waals surface area contributed by atoms with Gasteiger partial charge in [0.15, 0.2) is 0 Å². The Kier molecular flexibility index (Phi) is 7.48. The van der Waals surface area contributed by atoms with Crippen LogP contribution in [0.25, 0.3) is 32.2 Å². The van der Waals surface area contributed by atoms with Crippen molar-refractivity contribution >= 4 is 56.2 Å². The van der Waals surface area contributed by atoms with Crippen LogP contribution in [0, 0.1) is 5.82 Å². The van der Waals surface area contributed by atoms with Crippen molar-refractivity contribution in [1.29, 1.82) is 0 Å². The molecular formula is C33H30ClF2N5O3S. The lowest BCUT2D eigenvalue weighted by atomic mass is 9.92. The Labute approximate surface area is 266 Å². The maximum atomic E-state index is 16.0. The number of halogens is 3. The first kappa shape index (κ1) is 29.6. The average Bonchev–Trinajstić information content (AvgIpc) is 3.86. The Morgan fingerprint density at radius 3 is 2.82 bits per heavy atom. The highest BCUT2D eigenvalue weighted by Crippen LogP contribution is 2.52. The summed E-state index contributed by atoms with van der Waals surface area (Å²) in [7, 11) is 0. The largest absolute Gasteiger partial charge is 0.490 e. The Morgan fingerprint density at radius 2 is 2.09 bits per heavy atom. The fourth-order valence-corrected chi connectivity index (χ4v) is 7.27. The normalized spacial score (nSPS) is 18.5. The Hall–Kier alpha value is -4.09. The number of thiophene rings is 1. The van der Waals surface area contributed by atoms with Crippen LogP contribution in [0.1, 0.15) is 72.1 Å². The SMILES string of the molecule is CC1COc2c1cc(C(CNC(=O)c1cc(Cl)c3nn(C4CC4)cc3c1)C1(F)CC1)nc2-c1csc2c(F)cccc12.NC=O. The third-order valence-corrected chi connectivity index (χ3v) is 10.1. The molecule has 12 heteroatoms. The van der Waals surface area contributed by atoms with Gasteiger partial charge < -0.3 is 15.8 Å². The summed E-state index contributed by atoms with van der Waals surface area (Å²) < 4.78 is 39.1. The number of ether oxygens (including phenoxy) is 1. The van der Waals surface area contributed by atoms with Crippen LogP contribution in [0.15, 0.2) is 48.0 Å². The number of benzene rings is 2. The van der Waals surface area contributed by atoms with E-state index in [1.54, 1.807) is 18.2 Å². The van der Waals surface area contributed by atoms with Gasteiger partial charge in [-0.15, -0.1) is 11.3 Å². The molecule has 3 aliphatic rings. The first-order valence-corrected chi connectivity index (χ1v) is 16.1. The predicted octanol–water partition coefficient (Wildman–Crippen LogP) is 7.05. The number of nitrogens with one attached hydrogen (secondary N) is 1. The molecule has 0 radical (unpaired) electrons. The van der Waals surface area contributed by atoms with Gasteiger partial charge in [-0.25, -0.2) is 13.8 Å². The molecule has 2 unspecified atom stereocenters. The Bertz CT molecular complexity index is 1970. The van der Waals surface area contributed by atoms with Crippen LogP contribution in [-0.2, 0) is 4.79 Å². The van der Waals surface area contributed by atoms with Gasteiger partial charge in [-0.1, -0.05) is 30.7 Å². The number of alkyl halides is 1. The number of carbonyl (C=O) groups excluding carboxylic acids is 2. The Morgan fingerprint density at radius 1 is 1.31 bits per heavy atom. The van der Waals surface area contributed by atoms with Gasteiger partial charge >= 0.3 is 0 Å². The summed E-state index contributed by atoms with van der Waals surface area (Å²) in [5.74, 6) is -0.513. The molecule has 0 bridgehead atoms. The molecule has 8 nitrogen and oxygen atoms in total. The number of hydrogen-bond donors (Lipinski definition) is 2. The van der Waals surface area contributed by atoms with Gasteiger partial charge in [-0.05, 0) is 49.9 Å². The number of aromatic nitrogens is 3. The molecular weight excluding hydrogens is 620 g/mol. The molecule has 3 N–H and O–H groups in total. The van der Waals surface area contributed by atoms with Gasteiger partial charge in [0.25, 0.3) is 5.91 Å². The second-order valence-electron chi connectivity index (χ2n) is 12.0. The fourth-order valence-electron chi connectivity index (χ4n) is 6.04. The summed E-state index contributed by atoms with van der Waals surface area (Å²) >= 11 is 7.83. The van der Waals surface area contributed by atoms with Crippen molar-refractivity contribution in [3.8, 4) is 17.0 Å². The van der Waals surface area contributed by atoms with Gasteiger partial charge in [-0.3, -0.25) is 14.3 Å². The second kappa shape index (κ2) is 11.4. The van der Waals surface area contributed by atoms with E-state index >= 15 is 4.39 Å². The average molecular weight is 650 g/mol. The number of nitrogens with zero attached hydrogens (tertiary/aromatic N) is 3. The Balaban J connectivity index is 0.00000104. The maximum absolute atomic E-state index is 16.0. The number of carbonyl (C=O) groups is 2. The molecule has 2 saturated carbocycles. The lowest BCUT2D eigenvalue weighted by Gasteiger charge is -2.23. The standard InChI is InChI=1S/C32H27ClF2N4O2S.CH3NO/c1-16-14-41-29-21(16)11-26(37-28(29)22-15-42-30-20(22)3-2-4-25(30)34)23(32(35)7-8-32)12-36-31(40)17-9-18-13-39(19-5-6-19)38-27(18)24(33)10-17;2-1-3/h2-4,9-11,13,15-16,19,23H,5-8,12,14H2,1H3,(H,36,40);1H,(H2,2,3). The molecule has 0 spiro atoms. The van der Waals surface area contributed by atoms with Gasteiger partial charge in [0.2, 0.25) is 6.41 Å². The van der Waals surface area contributed by atoms with Crippen molar-refractivity contribution in [3.05, 3.63) is 75.6 Å². The molecule has 8 rings (SSSR count). The summed E-state index contributed by atoms with van der Waals surface area (Å²) in [5.41, 5.74) is 6.65. The van der Waals surface area contributed by atoms with Crippen molar-refractivity contribution in [2.24, 2.45) is 5.73 Å². The third-order valence-electron chi connectivity index (χ3n) is 8.78. The molecule has 2 aromatic carbocycles. The highest BCUT2D eigenvalue weighted by atomic mass is 35.5. The van der Waals surface area contributed by atoms with E-state index in [4.69, 9.17) is 26.1 Å². The quantitative estimate of drug-likeness (QED) is 0.184. The molecule has 5 aromatic rings. The lowest BCUT2D eigenvalue weighted by Crippen LogP contribution is -2.33. The summed E-state index contributed by atoms with van der Waals surface area (Å²) in [6, 6.07) is 10.7. The number of rotatable bonds is 7. The molecule has 3 aromatic heterocycles. The van der Waals surface area contributed by atoms with E-state index in [-0.39, 0.29) is 30.6 Å². The number of amides is 2. The molecule has 232 valence electrons. The van der Waals surface area contributed by atoms with Crippen LogP contribution in [0.4, 0.5) is 8.78 Å². The summed E-state index contributed by atoms with van der Waals surface area (Å²) in [6.07, 6.45) is 5.16. The molecule has 2 amide bonds. The highest BCUT2D eigenvalue weighted by molar-refractivity contribution is 7.17. The smallest absolute Gasteiger partial charge is 0.251 e. The zero-order chi connectivity index (χ0) is 31.5. The second-order valence-corrected chi connectivity index (χ2v) is 13.2. The number of pyridine rings is 1. The van der Waals surface area contributed by atoms with Gasteiger partial charge in [0, 0.05) is 57.2 Å².